The van der Waals surface area contributed by atoms with Crippen molar-refractivity contribution in [1.29, 1.82) is 0 Å². The second-order valence-electron chi connectivity index (χ2n) is 10.7. The van der Waals surface area contributed by atoms with Crippen molar-refractivity contribution in [1.82, 2.24) is 19.9 Å². The van der Waals surface area contributed by atoms with Gasteiger partial charge in [-0.15, -0.1) is 0 Å². The molecule has 0 aliphatic rings. The van der Waals surface area contributed by atoms with Crippen LogP contribution in [0.5, 0.6) is 11.5 Å². The van der Waals surface area contributed by atoms with Gasteiger partial charge in [0, 0.05) is 40.2 Å². The molecular weight excluding hydrogens is 558 g/mol. The van der Waals surface area contributed by atoms with Crippen LogP contribution in [0.15, 0.2) is 128 Å². The lowest BCUT2D eigenvalue weighted by molar-refractivity contribution is 0.415. The van der Waals surface area contributed by atoms with Gasteiger partial charge in [0.25, 0.3) is 0 Å². The van der Waals surface area contributed by atoms with Crippen molar-refractivity contribution in [2.45, 2.75) is 0 Å². The van der Waals surface area contributed by atoms with E-state index in [0.717, 1.165) is 83.6 Å². The number of ether oxygens (including phenoxy) is 2. The third kappa shape index (κ3) is 4.62. The molecule has 8 rings (SSSR count). The SMILES string of the molecule is COc1ccc(N(c2ccc(OC)cc2)c2ccc(-c3ccc4nc5c6cccnc6c6ncccc6c5nc4c3)cc2)cc1. The maximum absolute atomic E-state index is 5.40. The Morgan fingerprint density at radius 3 is 1.44 bits per heavy atom. The smallest absolute Gasteiger partial charge is 0.119 e. The average Bonchev–Trinajstić information content (AvgIpc) is 3.12. The molecule has 0 radical (unpaired) electrons. The number of anilines is 3. The van der Waals surface area contributed by atoms with E-state index in [1.54, 1.807) is 26.6 Å². The Labute approximate surface area is 259 Å². The molecule has 0 unspecified atom stereocenters. The highest BCUT2D eigenvalue weighted by Gasteiger charge is 2.16. The van der Waals surface area contributed by atoms with Crippen LogP contribution in [0, 0.1) is 0 Å². The van der Waals surface area contributed by atoms with Crippen molar-refractivity contribution in [3.8, 4) is 22.6 Å². The Morgan fingerprint density at radius 1 is 0.467 bits per heavy atom. The summed E-state index contributed by atoms with van der Waals surface area (Å²) >= 11 is 0. The van der Waals surface area contributed by atoms with Crippen LogP contribution in [0.3, 0.4) is 0 Å². The van der Waals surface area contributed by atoms with Gasteiger partial charge in [0.2, 0.25) is 0 Å². The largest absolute Gasteiger partial charge is 0.497 e. The number of aromatic nitrogens is 4. The van der Waals surface area contributed by atoms with Crippen molar-refractivity contribution >= 4 is 60.9 Å². The minimum atomic E-state index is 0.810. The van der Waals surface area contributed by atoms with Crippen LogP contribution in [-0.2, 0) is 0 Å². The van der Waals surface area contributed by atoms with Crippen LogP contribution in [-0.4, -0.2) is 34.2 Å². The maximum Gasteiger partial charge on any atom is 0.119 e. The molecule has 0 spiro atoms. The molecule has 0 aliphatic heterocycles. The Balaban J connectivity index is 1.21. The average molecular weight is 586 g/mol. The summed E-state index contributed by atoms with van der Waals surface area (Å²) < 4.78 is 10.8. The molecule has 3 aromatic heterocycles. The molecule has 0 atom stereocenters. The van der Waals surface area contributed by atoms with Gasteiger partial charge in [-0.1, -0.05) is 18.2 Å². The Bertz CT molecular complexity index is 2290. The molecule has 0 N–H and O–H groups in total. The van der Waals surface area contributed by atoms with Gasteiger partial charge in [-0.25, -0.2) is 9.97 Å². The Kier molecular flexibility index (Phi) is 6.42. The first kappa shape index (κ1) is 26.5. The van der Waals surface area contributed by atoms with E-state index in [0.29, 0.717) is 0 Å². The first-order valence-electron chi connectivity index (χ1n) is 14.6. The van der Waals surface area contributed by atoms with Gasteiger partial charge in [0.05, 0.1) is 47.3 Å². The zero-order valence-corrected chi connectivity index (χ0v) is 24.7. The molecule has 8 aromatic rings. The fraction of sp³-hybridized carbons (Fsp3) is 0.0526. The molecule has 0 aliphatic carbocycles. The van der Waals surface area contributed by atoms with E-state index in [1.165, 1.54) is 0 Å². The standard InChI is InChI=1S/C38H27N5O2/c1-44-29-16-12-27(13-17-29)43(28-14-18-30(45-2)19-15-28)26-10-7-24(8-11-26)25-9-20-33-34(23-25)42-38-32-6-4-22-40-36(32)35-31(37(38)41-33)5-3-21-39-35/h3-23H,1-2H3. The number of fused-ring (bicyclic) bond motifs is 7. The van der Waals surface area contributed by atoms with Gasteiger partial charge >= 0.3 is 0 Å². The van der Waals surface area contributed by atoms with E-state index in [2.05, 4.69) is 75.5 Å². The molecule has 7 nitrogen and oxygen atoms in total. The zero-order chi connectivity index (χ0) is 30.3. The van der Waals surface area contributed by atoms with Gasteiger partial charge < -0.3 is 14.4 Å². The summed E-state index contributed by atoms with van der Waals surface area (Å²) in [6, 6.07) is 38.9. The fourth-order valence-electron chi connectivity index (χ4n) is 5.89. The van der Waals surface area contributed by atoms with Gasteiger partial charge in [-0.3, -0.25) is 9.97 Å². The molecule has 0 fully saturated rings. The molecule has 0 saturated heterocycles. The van der Waals surface area contributed by atoms with Crippen LogP contribution >= 0.6 is 0 Å². The normalized spacial score (nSPS) is 11.3. The molecule has 0 bridgehead atoms. The predicted octanol–water partition coefficient (Wildman–Crippen LogP) is 9.03. The zero-order valence-electron chi connectivity index (χ0n) is 24.7. The highest BCUT2D eigenvalue weighted by Crippen LogP contribution is 2.38. The lowest BCUT2D eigenvalue weighted by Crippen LogP contribution is -2.09. The number of methoxy groups -OCH3 is 2. The number of benzene rings is 5. The van der Waals surface area contributed by atoms with Gasteiger partial charge in [-0.05, 0) is 108 Å². The summed E-state index contributed by atoms with van der Waals surface area (Å²) in [5.41, 5.74) is 10.2. The Morgan fingerprint density at radius 2 is 0.933 bits per heavy atom. The number of hydrogen-bond donors (Lipinski definition) is 0. The molecule has 0 amide bonds. The minimum Gasteiger partial charge on any atom is -0.497 e. The summed E-state index contributed by atoms with van der Waals surface area (Å²) in [7, 11) is 3.35. The quantitative estimate of drug-likeness (QED) is 0.142. The molecule has 0 saturated carbocycles. The molecule has 3 heterocycles. The molecule has 45 heavy (non-hydrogen) atoms. The van der Waals surface area contributed by atoms with Crippen LogP contribution in [0.4, 0.5) is 17.1 Å². The molecule has 5 aromatic carbocycles. The first-order chi connectivity index (χ1) is 22.2. The summed E-state index contributed by atoms with van der Waals surface area (Å²) in [6.07, 6.45) is 3.59. The second-order valence-corrected chi connectivity index (χ2v) is 10.7. The second kappa shape index (κ2) is 10.9. The number of hydrogen-bond acceptors (Lipinski definition) is 7. The van der Waals surface area contributed by atoms with E-state index in [4.69, 9.17) is 19.4 Å². The van der Waals surface area contributed by atoms with Gasteiger partial charge in [-0.2, -0.15) is 0 Å². The van der Waals surface area contributed by atoms with Crippen LogP contribution in [0.2, 0.25) is 0 Å². The highest BCUT2D eigenvalue weighted by molar-refractivity contribution is 6.21. The van der Waals surface area contributed by atoms with Crippen molar-refractivity contribution < 1.29 is 9.47 Å². The van der Waals surface area contributed by atoms with E-state index in [9.17, 15) is 0 Å². The van der Waals surface area contributed by atoms with Crippen LogP contribution in [0.25, 0.3) is 55.0 Å². The summed E-state index contributed by atoms with van der Waals surface area (Å²) in [5.74, 6) is 1.62. The molecular formula is C38H27N5O2. The predicted molar refractivity (Wildman–Crippen MR) is 181 cm³/mol. The van der Waals surface area contributed by atoms with E-state index < -0.39 is 0 Å². The van der Waals surface area contributed by atoms with Crippen LogP contribution < -0.4 is 14.4 Å². The van der Waals surface area contributed by atoms with Crippen molar-refractivity contribution in [3.05, 3.63) is 128 Å². The number of pyridine rings is 2. The highest BCUT2D eigenvalue weighted by atomic mass is 16.5. The lowest BCUT2D eigenvalue weighted by atomic mass is 10.0. The van der Waals surface area contributed by atoms with Crippen LogP contribution in [0.1, 0.15) is 0 Å². The lowest BCUT2D eigenvalue weighted by Gasteiger charge is -2.26. The Hall–Kier alpha value is -6.08. The molecule has 7 heteroatoms. The topological polar surface area (TPSA) is 73.3 Å². The van der Waals surface area contributed by atoms with Crippen molar-refractivity contribution in [2.75, 3.05) is 19.1 Å². The monoisotopic (exact) mass is 585 g/mol. The van der Waals surface area contributed by atoms with E-state index >= 15 is 0 Å². The third-order valence-corrected chi connectivity index (χ3v) is 8.13. The third-order valence-electron chi connectivity index (χ3n) is 8.13. The minimum absolute atomic E-state index is 0.810. The number of rotatable bonds is 6. The van der Waals surface area contributed by atoms with Gasteiger partial charge in [0.15, 0.2) is 0 Å². The van der Waals surface area contributed by atoms with E-state index in [1.807, 2.05) is 54.6 Å². The van der Waals surface area contributed by atoms with Crippen molar-refractivity contribution in [2.24, 2.45) is 0 Å². The molecule has 216 valence electrons. The summed E-state index contributed by atoms with van der Waals surface area (Å²) in [6.45, 7) is 0. The fourth-order valence-corrected chi connectivity index (χ4v) is 5.89. The van der Waals surface area contributed by atoms with Crippen molar-refractivity contribution in [3.63, 3.8) is 0 Å². The van der Waals surface area contributed by atoms with E-state index in [-0.39, 0.29) is 0 Å². The first-order valence-corrected chi connectivity index (χ1v) is 14.6. The van der Waals surface area contributed by atoms with Gasteiger partial charge in [0.1, 0.15) is 11.5 Å². The number of nitrogens with zero attached hydrogens (tertiary/aromatic N) is 5. The maximum atomic E-state index is 5.40. The summed E-state index contributed by atoms with van der Waals surface area (Å²) in [5, 5.41) is 1.89. The summed E-state index contributed by atoms with van der Waals surface area (Å²) in [4.78, 5) is 21.7.